The summed E-state index contributed by atoms with van der Waals surface area (Å²) >= 11 is 0. The maximum absolute atomic E-state index is 12.5. The molecule has 2 rings (SSSR count). The van der Waals surface area contributed by atoms with Crippen LogP contribution in [0.4, 0.5) is 0 Å². The molecule has 0 radical (unpaired) electrons. The molecule has 1 aromatic rings. The van der Waals surface area contributed by atoms with Crippen molar-refractivity contribution in [1.29, 1.82) is 0 Å². The van der Waals surface area contributed by atoms with Crippen molar-refractivity contribution in [2.45, 2.75) is 25.8 Å². The van der Waals surface area contributed by atoms with Crippen LogP contribution in [0.15, 0.2) is 12.1 Å². The van der Waals surface area contributed by atoms with Gasteiger partial charge in [0.05, 0.1) is 6.61 Å². The molecule has 5 nitrogen and oxygen atoms in total. The summed E-state index contributed by atoms with van der Waals surface area (Å²) in [5.41, 5.74) is 1.75. The SMILES string of the molecule is Cc1ccc(C(=O)N(CCO)CC2CCCN2)n1C. The summed E-state index contributed by atoms with van der Waals surface area (Å²) < 4.78 is 1.90. The zero-order chi connectivity index (χ0) is 13.8. The highest BCUT2D eigenvalue weighted by molar-refractivity contribution is 5.93. The van der Waals surface area contributed by atoms with E-state index in [0.717, 1.165) is 25.1 Å². The Kier molecular flexibility index (Phi) is 4.61. The molecule has 0 aromatic carbocycles. The summed E-state index contributed by atoms with van der Waals surface area (Å²) in [5, 5.41) is 12.5. The van der Waals surface area contributed by atoms with Crippen LogP contribution in [0.1, 0.15) is 29.0 Å². The van der Waals surface area contributed by atoms with Crippen LogP contribution in [0, 0.1) is 6.92 Å². The second kappa shape index (κ2) is 6.21. The van der Waals surface area contributed by atoms with Gasteiger partial charge in [0.1, 0.15) is 5.69 Å². The number of amides is 1. The van der Waals surface area contributed by atoms with Crippen molar-refractivity contribution < 1.29 is 9.90 Å². The first kappa shape index (κ1) is 14.1. The summed E-state index contributed by atoms with van der Waals surface area (Å²) in [6.45, 7) is 4.06. The predicted octanol–water partition coefficient (Wildman–Crippen LogP) is 0.520. The molecule has 2 heterocycles. The minimum Gasteiger partial charge on any atom is -0.395 e. The number of aromatic nitrogens is 1. The Morgan fingerprint density at radius 1 is 1.58 bits per heavy atom. The number of hydrogen-bond acceptors (Lipinski definition) is 3. The molecule has 5 heteroatoms. The normalized spacial score (nSPS) is 18.8. The average molecular weight is 265 g/mol. The lowest BCUT2D eigenvalue weighted by Crippen LogP contribution is -2.43. The molecule has 1 amide bonds. The molecular weight excluding hydrogens is 242 g/mol. The number of aliphatic hydroxyl groups is 1. The first-order valence-corrected chi connectivity index (χ1v) is 6.89. The largest absolute Gasteiger partial charge is 0.395 e. The van der Waals surface area contributed by atoms with E-state index >= 15 is 0 Å². The van der Waals surface area contributed by atoms with Crippen LogP contribution in [0.3, 0.4) is 0 Å². The van der Waals surface area contributed by atoms with Crippen LogP contribution in [0.5, 0.6) is 0 Å². The number of carbonyl (C=O) groups excluding carboxylic acids is 1. The molecule has 1 unspecified atom stereocenters. The zero-order valence-corrected chi connectivity index (χ0v) is 11.7. The second-order valence-corrected chi connectivity index (χ2v) is 5.19. The van der Waals surface area contributed by atoms with Gasteiger partial charge in [0, 0.05) is 31.9 Å². The van der Waals surface area contributed by atoms with Crippen molar-refractivity contribution >= 4 is 5.91 Å². The minimum atomic E-state index is -0.00153. The monoisotopic (exact) mass is 265 g/mol. The summed E-state index contributed by atoms with van der Waals surface area (Å²) in [4.78, 5) is 14.3. The topological polar surface area (TPSA) is 57.5 Å². The molecule has 1 aliphatic heterocycles. The van der Waals surface area contributed by atoms with Crippen molar-refractivity contribution in [2.24, 2.45) is 7.05 Å². The molecule has 0 bridgehead atoms. The molecule has 1 aromatic heterocycles. The van der Waals surface area contributed by atoms with Gasteiger partial charge in [-0.3, -0.25) is 4.79 Å². The molecule has 0 saturated carbocycles. The smallest absolute Gasteiger partial charge is 0.270 e. The van der Waals surface area contributed by atoms with E-state index in [4.69, 9.17) is 5.11 Å². The maximum Gasteiger partial charge on any atom is 0.270 e. The van der Waals surface area contributed by atoms with Crippen LogP contribution in [-0.2, 0) is 7.05 Å². The lowest BCUT2D eigenvalue weighted by Gasteiger charge is -2.25. The van der Waals surface area contributed by atoms with Gasteiger partial charge in [0.25, 0.3) is 5.91 Å². The molecule has 1 fully saturated rings. The molecule has 106 valence electrons. The van der Waals surface area contributed by atoms with E-state index in [2.05, 4.69) is 5.32 Å². The number of nitrogens with zero attached hydrogens (tertiary/aromatic N) is 2. The Hall–Kier alpha value is -1.33. The average Bonchev–Trinajstić information content (AvgIpc) is 3.00. The molecular formula is C14H23N3O2. The van der Waals surface area contributed by atoms with Gasteiger partial charge in [-0.1, -0.05) is 0 Å². The molecule has 0 spiro atoms. The van der Waals surface area contributed by atoms with Crippen LogP contribution >= 0.6 is 0 Å². The molecule has 1 atom stereocenters. The first-order valence-electron chi connectivity index (χ1n) is 6.89. The molecule has 19 heavy (non-hydrogen) atoms. The van der Waals surface area contributed by atoms with Crippen LogP contribution < -0.4 is 5.32 Å². The third kappa shape index (κ3) is 3.16. The van der Waals surface area contributed by atoms with Crippen LogP contribution in [0.25, 0.3) is 0 Å². The maximum atomic E-state index is 12.5. The van der Waals surface area contributed by atoms with Gasteiger partial charge in [-0.2, -0.15) is 0 Å². The van der Waals surface area contributed by atoms with Gasteiger partial charge in [0.15, 0.2) is 0 Å². The Bertz CT molecular complexity index is 436. The molecule has 0 aliphatic carbocycles. The van der Waals surface area contributed by atoms with E-state index in [0.29, 0.717) is 24.8 Å². The minimum absolute atomic E-state index is 0.00153. The zero-order valence-electron chi connectivity index (χ0n) is 11.7. The number of carbonyl (C=O) groups is 1. The number of rotatable bonds is 5. The Morgan fingerprint density at radius 2 is 2.37 bits per heavy atom. The second-order valence-electron chi connectivity index (χ2n) is 5.19. The van der Waals surface area contributed by atoms with Crippen LogP contribution in [-0.4, -0.2) is 52.8 Å². The van der Waals surface area contributed by atoms with Crippen molar-refractivity contribution in [3.63, 3.8) is 0 Å². The highest BCUT2D eigenvalue weighted by atomic mass is 16.3. The Balaban J connectivity index is 2.09. The van der Waals surface area contributed by atoms with E-state index in [1.54, 1.807) is 4.90 Å². The summed E-state index contributed by atoms with van der Waals surface area (Å²) in [7, 11) is 1.90. The number of aliphatic hydroxyl groups excluding tert-OH is 1. The fourth-order valence-electron chi connectivity index (χ4n) is 2.56. The number of hydrogen-bond donors (Lipinski definition) is 2. The van der Waals surface area contributed by atoms with Crippen molar-refractivity contribution in [3.8, 4) is 0 Å². The third-order valence-corrected chi connectivity index (χ3v) is 3.85. The van der Waals surface area contributed by atoms with Gasteiger partial charge in [-0.25, -0.2) is 0 Å². The van der Waals surface area contributed by atoms with Crippen molar-refractivity contribution in [3.05, 3.63) is 23.5 Å². The molecule has 1 saturated heterocycles. The fourth-order valence-corrected chi connectivity index (χ4v) is 2.56. The van der Waals surface area contributed by atoms with E-state index in [1.807, 2.05) is 30.7 Å². The van der Waals surface area contributed by atoms with Crippen molar-refractivity contribution in [1.82, 2.24) is 14.8 Å². The van der Waals surface area contributed by atoms with Gasteiger partial charge < -0.3 is 19.9 Å². The first-order chi connectivity index (χ1) is 9.13. The molecule has 1 aliphatic rings. The van der Waals surface area contributed by atoms with E-state index in [9.17, 15) is 4.79 Å². The lowest BCUT2D eigenvalue weighted by atomic mass is 10.2. The van der Waals surface area contributed by atoms with E-state index in [-0.39, 0.29) is 12.5 Å². The molecule has 2 N–H and O–H groups in total. The number of nitrogens with one attached hydrogen (secondary N) is 1. The Labute approximate surface area is 114 Å². The third-order valence-electron chi connectivity index (χ3n) is 3.85. The summed E-state index contributed by atoms with van der Waals surface area (Å²) in [6, 6.07) is 4.15. The van der Waals surface area contributed by atoms with Gasteiger partial charge in [0.2, 0.25) is 0 Å². The standard InChI is InChI=1S/C14H23N3O2/c1-11-5-6-13(16(11)2)14(19)17(8-9-18)10-12-4-3-7-15-12/h5-6,12,15,18H,3-4,7-10H2,1-2H3. The van der Waals surface area contributed by atoms with Gasteiger partial charge in [-0.05, 0) is 38.4 Å². The highest BCUT2D eigenvalue weighted by Gasteiger charge is 2.23. The highest BCUT2D eigenvalue weighted by Crippen LogP contribution is 2.12. The van der Waals surface area contributed by atoms with Gasteiger partial charge in [-0.15, -0.1) is 0 Å². The van der Waals surface area contributed by atoms with E-state index < -0.39 is 0 Å². The van der Waals surface area contributed by atoms with Crippen molar-refractivity contribution in [2.75, 3.05) is 26.2 Å². The Morgan fingerprint density at radius 3 is 2.89 bits per heavy atom. The number of aryl methyl sites for hydroxylation is 1. The summed E-state index contributed by atoms with van der Waals surface area (Å²) in [5.74, 6) is -0.00153. The van der Waals surface area contributed by atoms with Crippen LogP contribution in [0.2, 0.25) is 0 Å². The van der Waals surface area contributed by atoms with Gasteiger partial charge >= 0.3 is 0 Å². The lowest BCUT2D eigenvalue weighted by molar-refractivity contribution is 0.0697. The predicted molar refractivity (Wildman–Crippen MR) is 74.2 cm³/mol. The van der Waals surface area contributed by atoms with E-state index in [1.165, 1.54) is 0 Å². The fraction of sp³-hybridized carbons (Fsp3) is 0.643. The quantitative estimate of drug-likeness (QED) is 0.816. The summed E-state index contributed by atoms with van der Waals surface area (Å²) in [6.07, 6.45) is 2.26.